The number of nitrogen functional groups attached to an aromatic ring is 1. The molecule has 0 saturated carbocycles. The van der Waals surface area contributed by atoms with Crippen LogP contribution in [0.3, 0.4) is 0 Å². The van der Waals surface area contributed by atoms with Crippen LogP contribution >= 0.6 is 12.4 Å². The number of nitro groups is 1. The normalized spacial score (nSPS) is 9.48. The molecule has 25 heavy (non-hydrogen) atoms. The zero-order valence-corrected chi connectivity index (χ0v) is 14.1. The predicted molar refractivity (Wildman–Crippen MR) is 91.1 cm³/mol. The number of phenols is 1. The molecule has 0 fully saturated rings. The molecular formula is C12H16ClN3O8S. The number of nitrogens with two attached hydrogens (primary N) is 1. The largest absolute Gasteiger partial charge is 0.506 e. The van der Waals surface area contributed by atoms with Gasteiger partial charge in [-0.1, -0.05) is 16.5 Å². The lowest BCUT2D eigenvalue weighted by Crippen LogP contribution is -2.10. The molecule has 2 aromatic rings. The van der Waals surface area contributed by atoms with Crippen molar-refractivity contribution in [3.05, 3.63) is 58.6 Å². The molecule has 0 radical (unpaired) electrons. The molecule has 0 atom stereocenters. The van der Waals surface area contributed by atoms with E-state index in [1.165, 1.54) is 0 Å². The Kier molecular flexibility index (Phi) is 10.8. The van der Waals surface area contributed by atoms with Crippen LogP contribution in [-0.2, 0) is 14.7 Å². The number of para-hydroxylation sites is 2. The molecule has 0 aliphatic rings. The fourth-order valence-corrected chi connectivity index (χ4v) is 1.62. The van der Waals surface area contributed by atoms with Gasteiger partial charge in [0.15, 0.2) is 0 Å². The monoisotopic (exact) mass is 397 g/mol. The summed E-state index contributed by atoms with van der Waals surface area (Å²) in [5.74, 6) is -0.0675. The summed E-state index contributed by atoms with van der Waals surface area (Å²) >= 11 is 0. The van der Waals surface area contributed by atoms with E-state index in [1.54, 1.807) is 24.3 Å². The quantitative estimate of drug-likeness (QED) is 0.195. The molecule has 0 heterocycles. The van der Waals surface area contributed by atoms with E-state index in [9.17, 15) is 18.5 Å². The molecule has 0 aliphatic carbocycles. The van der Waals surface area contributed by atoms with E-state index in [0.29, 0.717) is 5.69 Å². The van der Waals surface area contributed by atoms with Crippen molar-refractivity contribution < 1.29 is 32.2 Å². The third-order valence-corrected chi connectivity index (χ3v) is 2.85. The van der Waals surface area contributed by atoms with Crippen molar-refractivity contribution in [2.75, 3.05) is 5.73 Å². The van der Waals surface area contributed by atoms with Gasteiger partial charge in [-0.2, -0.15) is 8.42 Å². The van der Waals surface area contributed by atoms with E-state index in [2.05, 4.69) is 8.52 Å². The lowest BCUT2D eigenvalue weighted by Gasteiger charge is -2.01. The Hall–Kier alpha value is -2.64. The van der Waals surface area contributed by atoms with Gasteiger partial charge in [0.05, 0.1) is 10.6 Å². The van der Waals surface area contributed by atoms with Crippen LogP contribution in [0.15, 0.2) is 48.5 Å². The average Bonchev–Trinajstić information content (AvgIpc) is 2.51. The highest BCUT2D eigenvalue weighted by Crippen LogP contribution is 2.18. The van der Waals surface area contributed by atoms with Gasteiger partial charge in [-0.15, -0.1) is 12.4 Å². The third kappa shape index (κ3) is 8.69. The first-order valence-electron chi connectivity index (χ1n) is 5.80. The first-order valence-corrected chi connectivity index (χ1v) is 7.14. The summed E-state index contributed by atoms with van der Waals surface area (Å²) in [5.41, 5.74) is 5.48. The Morgan fingerprint density at radius 1 is 1.08 bits per heavy atom. The van der Waals surface area contributed by atoms with Gasteiger partial charge < -0.3 is 21.2 Å². The molecule has 0 spiro atoms. The maximum atomic E-state index is 10.6. The zero-order valence-electron chi connectivity index (χ0n) is 12.5. The van der Waals surface area contributed by atoms with Crippen molar-refractivity contribution in [2.45, 2.75) is 0 Å². The number of phenolic OH excluding ortho intramolecular Hbond substituents is 1. The maximum absolute atomic E-state index is 10.6. The van der Waals surface area contributed by atoms with Gasteiger partial charge in [0, 0.05) is 12.1 Å². The lowest BCUT2D eigenvalue weighted by molar-refractivity contribution is -0.384. The molecule has 0 saturated heterocycles. The Balaban J connectivity index is 0. The molecular weight excluding hydrogens is 382 g/mol. The van der Waals surface area contributed by atoms with Crippen LogP contribution in [0.2, 0.25) is 0 Å². The van der Waals surface area contributed by atoms with Crippen molar-refractivity contribution in [2.24, 2.45) is 0 Å². The van der Waals surface area contributed by atoms with Crippen molar-refractivity contribution in [1.29, 1.82) is 0 Å². The second kappa shape index (κ2) is 11.0. The summed E-state index contributed by atoms with van der Waals surface area (Å²) in [5, 5.41) is 26.9. The summed E-state index contributed by atoms with van der Waals surface area (Å²) in [6.45, 7) is 0. The van der Waals surface area contributed by atoms with Gasteiger partial charge in [0.1, 0.15) is 11.5 Å². The molecule has 0 aromatic heterocycles. The molecule has 0 amide bonds. The molecule has 7 N–H and O–H groups in total. The van der Waals surface area contributed by atoms with Crippen LogP contribution in [0.4, 0.5) is 11.4 Å². The highest BCUT2D eigenvalue weighted by Gasteiger charge is 2.13. The van der Waals surface area contributed by atoms with Gasteiger partial charge >= 0.3 is 10.4 Å². The van der Waals surface area contributed by atoms with Gasteiger partial charge in [-0.05, 0) is 24.3 Å². The number of hydrogen-bond donors (Lipinski definition) is 4. The van der Waals surface area contributed by atoms with Gasteiger partial charge in [0.2, 0.25) is 0 Å². The minimum atomic E-state index is -4.52. The number of nitrogens with zero attached hydrogens (tertiary/aromatic N) is 1. The van der Waals surface area contributed by atoms with Gasteiger partial charge in [0.25, 0.3) is 5.69 Å². The fraction of sp³-hybridized carbons (Fsp3) is 0. The van der Waals surface area contributed by atoms with Crippen LogP contribution in [0.25, 0.3) is 0 Å². The summed E-state index contributed by atoms with van der Waals surface area (Å²) in [6, 6.07) is 10.9. The van der Waals surface area contributed by atoms with E-state index in [4.69, 9.17) is 16.1 Å². The van der Waals surface area contributed by atoms with Gasteiger partial charge in [-0.25, -0.2) is 5.26 Å². The number of rotatable bonds is 4. The predicted octanol–water partition coefficient (Wildman–Crippen LogP) is 2.27. The number of halogens is 1. The number of anilines is 1. The maximum Gasteiger partial charge on any atom is 0.476 e. The molecule has 2 aromatic carbocycles. The van der Waals surface area contributed by atoms with Crippen LogP contribution < -0.4 is 16.1 Å². The van der Waals surface area contributed by atoms with E-state index in [1.807, 2.05) is 0 Å². The molecule has 0 bridgehead atoms. The molecule has 2 rings (SSSR count). The van der Waals surface area contributed by atoms with Gasteiger partial charge in [-0.3, -0.25) is 10.1 Å². The zero-order chi connectivity index (χ0) is 17.5. The minimum Gasteiger partial charge on any atom is -0.506 e. The highest BCUT2D eigenvalue weighted by molar-refractivity contribution is 7.82. The smallest absolute Gasteiger partial charge is 0.476 e. The molecule has 0 aliphatic heterocycles. The Morgan fingerprint density at radius 2 is 1.60 bits per heavy atom. The Bertz CT molecular complexity index is 749. The highest BCUT2D eigenvalue weighted by atomic mass is 35.5. The van der Waals surface area contributed by atoms with Crippen molar-refractivity contribution >= 4 is 34.2 Å². The first kappa shape index (κ1) is 24.6. The number of non-ortho nitro benzene ring substituents is 1. The van der Waals surface area contributed by atoms with Crippen LogP contribution in [-0.4, -0.2) is 23.7 Å². The lowest BCUT2D eigenvalue weighted by atomic mass is 10.3. The molecule has 140 valence electrons. The number of hydrogen-bond acceptors (Lipinski definition) is 10. The van der Waals surface area contributed by atoms with E-state index < -0.39 is 15.3 Å². The van der Waals surface area contributed by atoms with Crippen molar-refractivity contribution in [1.82, 2.24) is 6.15 Å². The van der Waals surface area contributed by atoms with E-state index >= 15 is 0 Å². The summed E-state index contributed by atoms with van der Waals surface area (Å²) in [7, 11) is -4.52. The number of nitro benzene ring substituents is 1. The van der Waals surface area contributed by atoms with E-state index in [-0.39, 0.29) is 35.7 Å². The van der Waals surface area contributed by atoms with E-state index in [0.717, 1.165) is 24.3 Å². The van der Waals surface area contributed by atoms with Crippen LogP contribution in [0, 0.1) is 10.1 Å². The topological polar surface area (TPSA) is 197 Å². The average molecular weight is 398 g/mol. The Morgan fingerprint density at radius 3 is 1.96 bits per heavy atom. The minimum absolute atomic E-state index is 0. The third-order valence-electron chi connectivity index (χ3n) is 2.27. The Labute approximate surface area is 149 Å². The second-order valence-electron chi connectivity index (χ2n) is 3.88. The fourth-order valence-electron chi connectivity index (χ4n) is 1.24. The van der Waals surface area contributed by atoms with Crippen LogP contribution in [0.1, 0.15) is 0 Å². The summed E-state index contributed by atoms with van der Waals surface area (Å²) in [6.07, 6.45) is 0. The standard InChI is InChI=1S/C6H5NO7S.C6H7NO.ClH.H3N/c8-7(9)5-1-3-6(4-2-5)13-15(11,12)14-10;7-5-3-1-2-4-6(5)8;;/h1-4,10H;1-4,8H,7H2;1H;1H3. The molecule has 11 nitrogen and oxygen atoms in total. The van der Waals surface area contributed by atoms with Crippen molar-refractivity contribution in [3.8, 4) is 11.5 Å². The summed E-state index contributed by atoms with van der Waals surface area (Å²) in [4.78, 5) is 9.58. The number of aromatic hydroxyl groups is 1. The summed E-state index contributed by atoms with van der Waals surface area (Å²) < 4.78 is 28.3. The SMILES string of the molecule is Cl.N.Nc1ccccc1O.O=[N+]([O-])c1ccc(OS(=O)(=O)OO)cc1. The first-order chi connectivity index (χ1) is 10.7. The van der Waals surface area contributed by atoms with Crippen LogP contribution in [0.5, 0.6) is 11.5 Å². The molecule has 13 heteroatoms. The molecule has 0 unspecified atom stereocenters. The second-order valence-corrected chi connectivity index (χ2v) is 5.01. The van der Waals surface area contributed by atoms with Crippen molar-refractivity contribution in [3.63, 3.8) is 0 Å². The number of benzene rings is 2.